The Morgan fingerprint density at radius 3 is 2.65 bits per heavy atom. The fraction of sp³-hybridized carbons (Fsp3) is 0.462. The lowest BCUT2D eigenvalue weighted by atomic mass is 10.1. The third kappa shape index (κ3) is 4.87. The summed E-state index contributed by atoms with van der Waals surface area (Å²) in [6.07, 6.45) is 0. The zero-order chi connectivity index (χ0) is 12.8. The number of hydrogen-bond donors (Lipinski definition) is 1. The number of benzene rings is 1. The van der Waals surface area contributed by atoms with Gasteiger partial charge in [-0.2, -0.15) is 0 Å². The minimum atomic E-state index is -0.821. The summed E-state index contributed by atoms with van der Waals surface area (Å²) in [4.78, 5) is 12.2. The van der Waals surface area contributed by atoms with Crippen LogP contribution in [0.3, 0.4) is 0 Å². The minimum absolute atomic E-state index is 0.0380. The fourth-order valence-electron chi connectivity index (χ4n) is 1.43. The van der Waals surface area contributed by atoms with Crippen molar-refractivity contribution in [2.24, 2.45) is 0 Å². The van der Waals surface area contributed by atoms with E-state index in [4.69, 9.17) is 9.84 Å². The molecule has 0 aliphatic rings. The van der Waals surface area contributed by atoms with Crippen LogP contribution in [0.15, 0.2) is 18.2 Å². The minimum Gasteiger partial charge on any atom is -0.492 e. The van der Waals surface area contributed by atoms with Crippen LogP contribution in [-0.4, -0.2) is 42.7 Å². The Morgan fingerprint density at radius 2 is 2.06 bits per heavy atom. The molecule has 1 aromatic rings. The molecule has 4 heteroatoms. The van der Waals surface area contributed by atoms with Gasteiger partial charge in [0, 0.05) is 6.54 Å². The second-order valence-electron chi connectivity index (χ2n) is 4.23. The highest BCUT2D eigenvalue weighted by atomic mass is 16.5. The SMILES string of the molecule is Cc1ccc(OCCN(C)CC(=O)O)cc1C. The van der Waals surface area contributed by atoms with Gasteiger partial charge in [-0.3, -0.25) is 9.69 Å². The molecule has 1 rings (SSSR count). The van der Waals surface area contributed by atoms with Crippen LogP contribution in [0.2, 0.25) is 0 Å². The Bertz CT molecular complexity index is 390. The monoisotopic (exact) mass is 237 g/mol. The van der Waals surface area contributed by atoms with Crippen molar-refractivity contribution in [1.29, 1.82) is 0 Å². The topological polar surface area (TPSA) is 49.8 Å². The number of carboxylic acid groups (broad SMARTS) is 1. The molecule has 0 radical (unpaired) electrons. The highest BCUT2D eigenvalue weighted by Crippen LogP contribution is 2.16. The Kier molecular flexibility index (Phi) is 4.97. The maximum atomic E-state index is 10.4. The molecule has 0 saturated carbocycles. The summed E-state index contributed by atoms with van der Waals surface area (Å²) < 4.78 is 5.56. The molecule has 0 aliphatic heterocycles. The fourth-order valence-corrected chi connectivity index (χ4v) is 1.43. The molecule has 0 aromatic heterocycles. The smallest absolute Gasteiger partial charge is 0.317 e. The van der Waals surface area contributed by atoms with E-state index in [1.54, 1.807) is 11.9 Å². The van der Waals surface area contributed by atoms with E-state index in [2.05, 4.69) is 6.92 Å². The number of carboxylic acids is 1. The van der Waals surface area contributed by atoms with E-state index in [1.807, 2.05) is 25.1 Å². The van der Waals surface area contributed by atoms with Crippen LogP contribution >= 0.6 is 0 Å². The Morgan fingerprint density at radius 1 is 1.35 bits per heavy atom. The van der Waals surface area contributed by atoms with Gasteiger partial charge in [-0.25, -0.2) is 0 Å². The molecule has 0 fully saturated rings. The number of likely N-dealkylation sites (N-methyl/N-ethyl adjacent to an activating group) is 1. The van der Waals surface area contributed by atoms with E-state index in [-0.39, 0.29) is 6.54 Å². The summed E-state index contributed by atoms with van der Waals surface area (Å²) in [5.41, 5.74) is 2.43. The first kappa shape index (κ1) is 13.5. The van der Waals surface area contributed by atoms with Gasteiger partial charge < -0.3 is 9.84 Å². The normalized spacial score (nSPS) is 10.6. The molecule has 0 saturated heterocycles. The third-order valence-corrected chi connectivity index (χ3v) is 2.63. The molecule has 0 unspecified atom stereocenters. The first-order valence-corrected chi connectivity index (χ1v) is 5.59. The summed E-state index contributed by atoms with van der Waals surface area (Å²) in [6, 6.07) is 5.94. The van der Waals surface area contributed by atoms with Crippen molar-refractivity contribution in [3.8, 4) is 5.75 Å². The molecule has 94 valence electrons. The molecule has 0 atom stereocenters. The Labute approximate surface area is 102 Å². The zero-order valence-electron chi connectivity index (χ0n) is 10.6. The van der Waals surface area contributed by atoms with Gasteiger partial charge in [0.05, 0.1) is 6.54 Å². The van der Waals surface area contributed by atoms with Gasteiger partial charge in [-0.15, -0.1) is 0 Å². The first-order chi connectivity index (χ1) is 7.99. The maximum Gasteiger partial charge on any atom is 0.317 e. The average Bonchev–Trinajstić information content (AvgIpc) is 2.22. The average molecular weight is 237 g/mol. The van der Waals surface area contributed by atoms with Gasteiger partial charge in [-0.1, -0.05) is 6.07 Å². The lowest BCUT2D eigenvalue weighted by Gasteiger charge is -2.14. The predicted octanol–water partition coefficient (Wildman–Crippen LogP) is 1.70. The number of aryl methyl sites for hydroxylation is 2. The van der Waals surface area contributed by atoms with E-state index in [1.165, 1.54) is 11.1 Å². The van der Waals surface area contributed by atoms with Crippen LogP contribution in [0.1, 0.15) is 11.1 Å². The lowest BCUT2D eigenvalue weighted by Crippen LogP contribution is -2.29. The number of aliphatic carboxylic acids is 1. The molecule has 1 aromatic carbocycles. The zero-order valence-corrected chi connectivity index (χ0v) is 10.6. The quantitative estimate of drug-likeness (QED) is 0.818. The van der Waals surface area contributed by atoms with Crippen molar-refractivity contribution < 1.29 is 14.6 Å². The summed E-state index contributed by atoms with van der Waals surface area (Å²) in [6.45, 7) is 5.22. The van der Waals surface area contributed by atoms with Crippen LogP contribution in [0, 0.1) is 13.8 Å². The molecule has 4 nitrogen and oxygen atoms in total. The van der Waals surface area contributed by atoms with E-state index in [0.717, 1.165) is 5.75 Å². The van der Waals surface area contributed by atoms with Gasteiger partial charge in [-0.05, 0) is 44.2 Å². The molecule has 1 N–H and O–H groups in total. The van der Waals surface area contributed by atoms with E-state index in [0.29, 0.717) is 13.2 Å². The summed E-state index contributed by atoms with van der Waals surface area (Å²) in [7, 11) is 1.76. The number of rotatable bonds is 6. The molecule has 0 bridgehead atoms. The van der Waals surface area contributed by atoms with Crippen LogP contribution in [0.4, 0.5) is 0 Å². The van der Waals surface area contributed by atoms with E-state index < -0.39 is 5.97 Å². The summed E-state index contributed by atoms with van der Waals surface area (Å²) in [5, 5.41) is 8.58. The lowest BCUT2D eigenvalue weighted by molar-refractivity contribution is -0.138. The van der Waals surface area contributed by atoms with E-state index >= 15 is 0 Å². The van der Waals surface area contributed by atoms with Gasteiger partial charge in [0.1, 0.15) is 12.4 Å². The molecule has 17 heavy (non-hydrogen) atoms. The van der Waals surface area contributed by atoms with Crippen LogP contribution < -0.4 is 4.74 Å². The first-order valence-electron chi connectivity index (χ1n) is 5.59. The highest BCUT2D eigenvalue weighted by Gasteiger charge is 2.04. The van der Waals surface area contributed by atoms with Gasteiger partial charge in [0.2, 0.25) is 0 Å². The van der Waals surface area contributed by atoms with Gasteiger partial charge in [0.25, 0.3) is 0 Å². The number of carbonyl (C=O) groups is 1. The largest absolute Gasteiger partial charge is 0.492 e. The van der Waals surface area contributed by atoms with E-state index in [9.17, 15) is 4.79 Å². The molecular weight excluding hydrogens is 218 g/mol. The van der Waals surface area contributed by atoms with Crippen molar-refractivity contribution in [2.75, 3.05) is 26.7 Å². The molecule has 0 spiro atoms. The second kappa shape index (κ2) is 6.25. The number of hydrogen-bond acceptors (Lipinski definition) is 3. The van der Waals surface area contributed by atoms with Crippen molar-refractivity contribution in [3.63, 3.8) is 0 Å². The highest BCUT2D eigenvalue weighted by molar-refractivity contribution is 5.68. The molecular formula is C13H19NO3. The van der Waals surface area contributed by atoms with Crippen molar-refractivity contribution in [3.05, 3.63) is 29.3 Å². The third-order valence-electron chi connectivity index (χ3n) is 2.63. The summed E-state index contributed by atoms with van der Waals surface area (Å²) >= 11 is 0. The van der Waals surface area contributed by atoms with Gasteiger partial charge >= 0.3 is 5.97 Å². The van der Waals surface area contributed by atoms with Crippen molar-refractivity contribution in [1.82, 2.24) is 4.90 Å². The molecule has 0 aliphatic carbocycles. The van der Waals surface area contributed by atoms with Crippen LogP contribution in [0.5, 0.6) is 5.75 Å². The Balaban J connectivity index is 2.35. The van der Waals surface area contributed by atoms with Crippen LogP contribution in [0.25, 0.3) is 0 Å². The number of ether oxygens (including phenoxy) is 1. The van der Waals surface area contributed by atoms with Gasteiger partial charge in [0.15, 0.2) is 0 Å². The van der Waals surface area contributed by atoms with Crippen LogP contribution in [-0.2, 0) is 4.79 Å². The van der Waals surface area contributed by atoms with Crippen molar-refractivity contribution in [2.45, 2.75) is 13.8 Å². The molecule has 0 heterocycles. The molecule has 0 amide bonds. The maximum absolute atomic E-state index is 10.4. The predicted molar refractivity (Wildman–Crippen MR) is 66.5 cm³/mol. The second-order valence-corrected chi connectivity index (χ2v) is 4.23. The Hall–Kier alpha value is -1.55. The van der Waals surface area contributed by atoms with Crippen molar-refractivity contribution >= 4 is 5.97 Å². The summed E-state index contributed by atoms with van der Waals surface area (Å²) in [5.74, 6) is 0.00973. The standard InChI is InChI=1S/C13H19NO3/c1-10-4-5-12(8-11(10)2)17-7-6-14(3)9-13(15)16/h4-5,8H,6-7,9H2,1-3H3,(H,15,16). The number of nitrogens with zero attached hydrogens (tertiary/aromatic N) is 1.